The summed E-state index contributed by atoms with van der Waals surface area (Å²) in [5, 5.41) is 7.82. The molecular formula is C9H17N2. The molecule has 0 aromatic carbocycles. The van der Waals surface area contributed by atoms with Gasteiger partial charge in [-0.05, 0) is 44.2 Å². The third kappa shape index (κ3) is 1.74. The highest BCUT2D eigenvalue weighted by Gasteiger charge is 2.25. The normalized spacial score (nSPS) is 34.4. The van der Waals surface area contributed by atoms with E-state index in [9.17, 15) is 0 Å². The lowest BCUT2D eigenvalue weighted by Crippen LogP contribution is -2.28. The van der Waals surface area contributed by atoms with Crippen LogP contribution in [0.3, 0.4) is 0 Å². The van der Waals surface area contributed by atoms with Gasteiger partial charge in [-0.15, -0.1) is 0 Å². The maximum absolute atomic E-state index is 4.38. The molecular weight excluding hydrogens is 136 g/mol. The minimum Gasteiger partial charge on any atom is -0.316 e. The Morgan fingerprint density at radius 3 is 2.45 bits per heavy atom. The molecule has 2 heterocycles. The molecule has 2 nitrogen and oxygen atoms in total. The second-order valence-electron chi connectivity index (χ2n) is 3.76. The first-order valence-corrected chi connectivity index (χ1v) is 4.81. The van der Waals surface area contributed by atoms with E-state index < -0.39 is 0 Å². The molecule has 0 bridgehead atoms. The molecule has 0 saturated carbocycles. The second-order valence-corrected chi connectivity index (χ2v) is 3.76. The van der Waals surface area contributed by atoms with E-state index in [-0.39, 0.29) is 0 Å². The highest BCUT2D eigenvalue weighted by molar-refractivity contribution is 4.81. The van der Waals surface area contributed by atoms with Crippen molar-refractivity contribution < 1.29 is 0 Å². The van der Waals surface area contributed by atoms with Crippen LogP contribution in [0, 0.1) is 11.8 Å². The molecule has 2 aliphatic heterocycles. The zero-order chi connectivity index (χ0) is 7.52. The van der Waals surface area contributed by atoms with Crippen molar-refractivity contribution in [1.29, 1.82) is 0 Å². The summed E-state index contributed by atoms with van der Waals surface area (Å²) in [7, 11) is 0. The van der Waals surface area contributed by atoms with Gasteiger partial charge in [0.25, 0.3) is 0 Å². The third-order valence-electron chi connectivity index (χ3n) is 3.08. The van der Waals surface area contributed by atoms with Crippen LogP contribution in [-0.4, -0.2) is 26.2 Å². The summed E-state index contributed by atoms with van der Waals surface area (Å²) in [4.78, 5) is 0. The van der Waals surface area contributed by atoms with Gasteiger partial charge >= 0.3 is 0 Å². The number of piperidine rings is 1. The molecule has 63 valence electrons. The van der Waals surface area contributed by atoms with Gasteiger partial charge < -0.3 is 5.32 Å². The zero-order valence-corrected chi connectivity index (χ0v) is 7.05. The maximum Gasteiger partial charge on any atom is 0.0136 e. The molecule has 1 N–H and O–H groups in total. The second kappa shape index (κ2) is 3.55. The molecule has 2 aliphatic rings. The largest absolute Gasteiger partial charge is 0.316 e. The van der Waals surface area contributed by atoms with Crippen LogP contribution in [0.4, 0.5) is 0 Å². The highest BCUT2D eigenvalue weighted by atomic mass is 14.9. The van der Waals surface area contributed by atoms with Crippen LogP contribution in [0.2, 0.25) is 0 Å². The fourth-order valence-corrected chi connectivity index (χ4v) is 2.32. The summed E-state index contributed by atoms with van der Waals surface area (Å²) in [6, 6.07) is 0. The van der Waals surface area contributed by atoms with Crippen LogP contribution in [-0.2, 0) is 0 Å². The van der Waals surface area contributed by atoms with Crippen molar-refractivity contribution in [2.24, 2.45) is 11.8 Å². The van der Waals surface area contributed by atoms with Crippen LogP contribution in [0.5, 0.6) is 0 Å². The van der Waals surface area contributed by atoms with Crippen molar-refractivity contribution in [2.45, 2.75) is 19.3 Å². The van der Waals surface area contributed by atoms with E-state index in [1.807, 2.05) is 0 Å². The maximum atomic E-state index is 4.38. The van der Waals surface area contributed by atoms with E-state index in [2.05, 4.69) is 10.6 Å². The van der Waals surface area contributed by atoms with Gasteiger partial charge in [0, 0.05) is 13.1 Å². The Kier molecular flexibility index (Phi) is 2.44. The lowest BCUT2D eigenvalue weighted by molar-refractivity contribution is 0.272. The Morgan fingerprint density at radius 2 is 1.82 bits per heavy atom. The van der Waals surface area contributed by atoms with E-state index in [1.165, 1.54) is 32.4 Å². The van der Waals surface area contributed by atoms with Gasteiger partial charge in [-0.1, -0.05) is 0 Å². The molecule has 1 atom stereocenters. The summed E-state index contributed by atoms with van der Waals surface area (Å²) in [5.74, 6) is 1.97. The van der Waals surface area contributed by atoms with Gasteiger partial charge in [0.1, 0.15) is 0 Å². The van der Waals surface area contributed by atoms with E-state index in [4.69, 9.17) is 0 Å². The first-order valence-electron chi connectivity index (χ1n) is 4.81. The minimum absolute atomic E-state index is 0.977. The summed E-state index contributed by atoms with van der Waals surface area (Å²) in [6.07, 6.45) is 4.11. The number of hydrogen-bond acceptors (Lipinski definition) is 1. The Hall–Kier alpha value is -0.0800. The molecule has 0 aromatic heterocycles. The Balaban J connectivity index is 1.82. The van der Waals surface area contributed by atoms with Crippen molar-refractivity contribution in [3.05, 3.63) is 0 Å². The van der Waals surface area contributed by atoms with Gasteiger partial charge in [-0.25, -0.2) is 5.32 Å². The SMILES string of the molecule is C1CC(C2CCNC2)CC[N]1. The van der Waals surface area contributed by atoms with Gasteiger partial charge in [-0.2, -0.15) is 0 Å². The smallest absolute Gasteiger partial charge is 0.0136 e. The molecule has 1 unspecified atom stereocenters. The van der Waals surface area contributed by atoms with Crippen molar-refractivity contribution in [3.63, 3.8) is 0 Å². The predicted octanol–water partition coefficient (Wildman–Crippen LogP) is 0.610. The zero-order valence-electron chi connectivity index (χ0n) is 7.05. The van der Waals surface area contributed by atoms with Gasteiger partial charge in [0.2, 0.25) is 0 Å². The summed E-state index contributed by atoms with van der Waals surface area (Å²) in [5.41, 5.74) is 0. The monoisotopic (exact) mass is 153 g/mol. The summed E-state index contributed by atoms with van der Waals surface area (Å²) in [6.45, 7) is 4.77. The minimum atomic E-state index is 0.977. The number of rotatable bonds is 1. The van der Waals surface area contributed by atoms with E-state index in [0.29, 0.717) is 0 Å². The lowest BCUT2D eigenvalue weighted by atomic mass is 9.84. The van der Waals surface area contributed by atoms with E-state index >= 15 is 0 Å². The molecule has 0 aliphatic carbocycles. The molecule has 1 radical (unpaired) electrons. The number of nitrogens with zero attached hydrogens (tertiary/aromatic N) is 1. The van der Waals surface area contributed by atoms with Gasteiger partial charge in [0.15, 0.2) is 0 Å². The van der Waals surface area contributed by atoms with Crippen LogP contribution in [0.25, 0.3) is 0 Å². The fourth-order valence-electron chi connectivity index (χ4n) is 2.32. The van der Waals surface area contributed by atoms with Gasteiger partial charge in [-0.3, -0.25) is 0 Å². The molecule has 11 heavy (non-hydrogen) atoms. The standard InChI is InChI=1S/C9H17N2/c1-4-10-5-2-8(1)9-3-6-11-7-9/h8-9,11H,1-7H2. The Morgan fingerprint density at radius 1 is 1.00 bits per heavy atom. The average molecular weight is 153 g/mol. The quantitative estimate of drug-likeness (QED) is 0.587. The molecule has 2 saturated heterocycles. The predicted molar refractivity (Wildman–Crippen MR) is 45.6 cm³/mol. The van der Waals surface area contributed by atoms with E-state index in [0.717, 1.165) is 24.9 Å². The first kappa shape index (κ1) is 7.56. The highest BCUT2D eigenvalue weighted by Crippen LogP contribution is 2.26. The molecule has 0 amide bonds. The molecule has 2 heteroatoms. The number of nitrogens with one attached hydrogen (secondary N) is 1. The summed E-state index contributed by atoms with van der Waals surface area (Å²) < 4.78 is 0. The van der Waals surface area contributed by atoms with Gasteiger partial charge in [0.05, 0.1) is 0 Å². The third-order valence-corrected chi connectivity index (χ3v) is 3.08. The van der Waals surface area contributed by atoms with Crippen molar-refractivity contribution in [3.8, 4) is 0 Å². The fraction of sp³-hybridized carbons (Fsp3) is 1.00. The molecule has 2 fully saturated rings. The Labute approximate surface area is 68.7 Å². The van der Waals surface area contributed by atoms with Crippen LogP contribution in [0.15, 0.2) is 0 Å². The summed E-state index contributed by atoms with van der Waals surface area (Å²) >= 11 is 0. The van der Waals surface area contributed by atoms with Crippen molar-refractivity contribution in [2.75, 3.05) is 26.2 Å². The number of hydrogen-bond donors (Lipinski definition) is 1. The lowest BCUT2D eigenvalue weighted by Gasteiger charge is -2.26. The van der Waals surface area contributed by atoms with Crippen LogP contribution < -0.4 is 10.6 Å². The topological polar surface area (TPSA) is 26.1 Å². The Bertz CT molecular complexity index is 113. The molecule has 0 spiro atoms. The van der Waals surface area contributed by atoms with Crippen LogP contribution in [0.1, 0.15) is 19.3 Å². The van der Waals surface area contributed by atoms with Crippen molar-refractivity contribution >= 4 is 0 Å². The van der Waals surface area contributed by atoms with Crippen LogP contribution >= 0.6 is 0 Å². The molecule has 0 aromatic rings. The molecule has 2 rings (SSSR count). The van der Waals surface area contributed by atoms with E-state index in [1.54, 1.807) is 0 Å². The average Bonchev–Trinajstić information content (AvgIpc) is 2.58. The van der Waals surface area contributed by atoms with Crippen molar-refractivity contribution in [1.82, 2.24) is 10.6 Å². The first-order chi connectivity index (χ1) is 5.47.